The maximum Gasteiger partial charge on any atom is 0.190 e. The number of hydrogen-bond acceptors (Lipinski definition) is 7. The van der Waals surface area contributed by atoms with Crippen molar-refractivity contribution in [2.24, 2.45) is 0 Å². The lowest BCUT2D eigenvalue weighted by atomic mass is 9.89. The molecule has 4 heterocycles. The van der Waals surface area contributed by atoms with Crippen molar-refractivity contribution in [1.82, 2.24) is 34.8 Å². The van der Waals surface area contributed by atoms with Crippen molar-refractivity contribution in [1.29, 1.82) is 0 Å². The topological polar surface area (TPSA) is 80.6 Å². The summed E-state index contributed by atoms with van der Waals surface area (Å²) in [6.07, 6.45) is 11.6. The highest BCUT2D eigenvalue weighted by molar-refractivity contribution is 14.1. The molecule has 0 spiro atoms. The third-order valence-corrected chi connectivity index (χ3v) is 7.34. The molecule has 1 unspecified atom stereocenters. The maximum absolute atomic E-state index is 4.49. The van der Waals surface area contributed by atoms with Crippen LogP contribution in [0.2, 0.25) is 0 Å². The Bertz CT molecular complexity index is 1270. The minimum absolute atomic E-state index is 0.0650. The number of aromatic nitrogens is 6. The van der Waals surface area contributed by atoms with E-state index in [1.54, 1.807) is 24.8 Å². The van der Waals surface area contributed by atoms with Crippen LogP contribution in [0.15, 0.2) is 87.5 Å². The fourth-order valence-electron chi connectivity index (χ4n) is 3.67. The molecule has 1 aromatic carbocycles. The van der Waals surface area contributed by atoms with Crippen LogP contribution < -0.4 is 0 Å². The minimum atomic E-state index is 0.0650. The summed E-state index contributed by atoms with van der Waals surface area (Å²) in [5, 5.41) is 0. The Morgan fingerprint density at radius 3 is 1.87 bits per heavy atom. The van der Waals surface area contributed by atoms with Gasteiger partial charge in [0.05, 0.1) is 13.4 Å². The number of halogens is 4. The summed E-state index contributed by atoms with van der Waals surface area (Å²) < 4.78 is 3.50. The minimum Gasteiger partial charge on any atom is -0.298 e. The zero-order chi connectivity index (χ0) is 27.5. The Morgan fingerprint density at radius 1 is 0.868 bits per heavy atom. The van der Waals surface area contributed by atoms with Crippen molar-refractivity contribution in [2.75, 3.05) is 13.1 Å². The van der Waals surface area contributed by atoms with Gasteiger partial charge in [-0.3, -0.25) is 4.90 Å². The first-order valence-electron chi connectivity index (χ1n) is 11.7. The predicted octanol–water partition coefficient (Wildman–Crippen LogP) is 7.52. The second-order valence-electron chi connectivity index (χ2n) is 8.91. The molecule has 5 rings (SSSR count). The van der Waals surface area contributed by atoms with Crippen LogP contribution in [0.1, 0.15) is 37.5 Å². The second kappa shape index (κ2) is 15.2. The van der Waals surface area contributed by atoms with E-state index in [0.29, 0.717) is 5.82 Å². The van der Waals surface area contributed by atoms with E-state index < -0.39 is 0 Å². The summed E-state index contributed by atoms with van der Waals surface area (Å²) in [6.45, 7) is 11.0. The van der Waals surface area contributed by atoms with E-state index in [1.165, 1.54) is 5.56 Å². The van der Waals surface area contributed by atoms with Gasteiger partial charge in [-0.1, -0.05) is 43.8 Å². The molecule has 1 aliphatic rings. The third kappa shape index (κ3) is 10.1. The molecule has 1 fully saturated rings. The largest absolute Gasteiger partial charge is 0.298 e. The van der Waals surface area contributed by atoms with Gasteiger partial charge in [0, 0.05) is 78.3 Å². The van der Waals surface area contributed by atoms with Crippen LogP contribution >= 0.6 is 70.4 Å². The molecule has 7 nitrogen and oxygen atoms in total. The van der Waals surface area contributed by atoms with Crippen molar-refractivity contribution in [3.05, 3.63) is 109 Å². The van der Waals surface area contributed by atoms with E-state index in [2.05, 4.69) is 149 Å². The van der Waals surface area contributed by atoms with E-state index in [1.807, 2.05) is 19.3 Å². The summed E-state index contributed by atoms with van der Waals surface area (Å²) in [5.74, 6) is 1.65. The zero-order valence-corrected chi connectivity index (χ0v) is 27.9. The summed E-state index contributed by atoms with van der Waals surface area (Å²) >= 11 is 11.9. The summed E-state index contributed by atoms with van der Waals surface area (Å²) in [6, 6.07) is 10.6. The quantitative estimate of drug-likeness (QED) is 0.156. The molecule has 198 valence electrons. The first-order chi connectivity index (χ1) is 18.1. The van der Waals surface area contributed by atoms with Gasteiger partial charge < -0.3 is 0 Å². The van der Waals surface area contributed by atoms with Gasteiger partial charge >= 0.3 is 0 Å². The molecule has 1 saturated heterocycles. The van der Waals surface area contributed by atoms with Crippen LogP contribution in [-0.4, -0.2) is 47.9 Å². The molecule has 3 aromatic heterocycles. The Labute approximate surface area is 262 Å². The molecular formula is C27H27Br3IN7. The highest BCUT2D eigenvalue weighted by atomic mass is 127. The molecule has 0 N–H and O–H groups in total. The highest BCUT2D eigenvalue weighted by Gasteiger charge is 2.37. The molecule has 1 atom stereocenters. The van der Waals surface area contributed by atoms with Crippen molar-refractivity contribution >= 4 is 76.0 Å². The van der Waals surface area contributed by atoms with E-state index in [9.17, 15) is 0 Å². The van der Waals surface area contributed by atoms with Crippen LogP contribution in [-0.2, 0) is 12.0 Å². The average Bonchev–Trinajstić information content (AvgIpc) is 3.29. The smallest absolute Gasteiger partial charge is 0.190 e. The van der Waals surface area contributed by atoms with Gasteiger partial charge in [-0.05, 0) is 78.8 Å². The Balaban J connectivity index is 0.000000185. The SMILES string of the molecule is Brc1cnc(I)nc1.C=C(C)c1ncc(Br)cn1.CC1(c2ncc(Br)cn2)CCN(Cc2ccccc2)C1. The number of allylic oxidation sites excluding steroid dienone is 1. The molecule has 0 saturated carbocycles. The fourth-order valence-corrected chi connectivity index (χ4v) is 4.56. The summed E-state index contributed by atoms with van der Waals surface area (Å²) in [4.78, 5) is 27.3. The summed E-state index contributed by atoms with van der Waals surface area (Å²) in [5.41, 5.74) is 2.32. The normalized spacial score (nSPS) is 16.6. The molecule has 1 aliphatic heterocycles. The van der Waals surface area contributed by atoms with Gasteiger partial charge in [-0.15, -0.1) is 0 Å². The van der Waals surface area contributed by atoms with Gasteiger partial charge in [-0.2, -0.15) is 0 Å². The molecule has 0 radical (unpaired) electrons. The number of nitrogens with zero attached hydrogens (tertiary/aromatic N) is 7. The lowest BCUT2D eigenvalue weighted by molar-refractivity contribution is 0.305. The molecule has 0 amide bonds. The lowest BCUT2D eigenvalue weighted by Crippen LogP contribution is -2.29. The third-order valence-electron chi connectivity index (χ3n) is 5.55. The Morgan fingerprint density at radius 2 is 1.37 bits per heavy atom. The molecule has 4 aromatic rings. The molecular weight excluding hydrogens is 789 g/mol. The predicted molar refractivity (Wildman–Crippen MR) is 170 cm³/mol. The lowest BCUT2D eigenvalue weighted by Gasteiger charge is -2.23. The number of likely N-dealkylation sites (tertiary alicyclic amines) is 1. The standard InChI is InChI=1S/C16H18BrN3.C7H7BrN2.C4H2BrIN2/c1-16(15-18-9-14(17)10-19-15)7-8-20(12-16)11-13-5-3-2-4-6-13;1-5(2)7-9-3-6(8)4-10-7;5-3-1-7-4(6)8-2-3/h2-6,9-10H,7-8,11-12H2,1H3;3-4H,1H2,2H3;1-2H. The number of benzene rings is 1. The molecule has 0 aliphatic carbocycles. The van der Waals surface area contributed by atoms with Crippen LogP contribution in [0.4, 0.5) is 0 Å². The van der Waals surface area contributed by atoms with Gasteiger partial charge in [0.15, 0.2) is 9.66 Å². The van der Waals surface area contributed by atoms with Crippen molar-refractivity contribution in [3.63, 3.8) is 0 Å². The van der Waals surface area contributed by atoms with Gasteiger partial charge in [0.2, 0.25) is 0 Å². The van der Waals surface area contributed by atoms with Gasteiger partial charge in [0.25, 0.3) is 0 Å². The van der Waals surface area contributed by atoms with E-state index in [0.717, 1.165) is 54.7 Å². The second-order valence-corrected chi connectivity index (χ2v) is 12.6. The fraction of sp³-hybridized carbons (Fsp3) is 0.259. The van der Waals surface area contributed by atoms with Gasteiger partial charge in [-0.25, -0.2) is 29.9 Å². The Kier molecular flexibility index (Phi) is 12.4. The van der Waals surface area contributed by atoms with Crippen LogP contribution in [0, 0.1) is 3.83 Å². The van der Waals surface area contributed by atoms with Crippen LogP contribution in [0.5, 0.6) is 0 Å². The van der Waals surface area contributed by atoms with Crippen LogP contribution in [0.3, 0.4) is 0 Å². The first-order valence-corrected chi connectivity index (χ1v) is 15.1. The van der Waals surface area contributed by atoms with E-state index >= 15 is 0 Å². The molecule has 38 heavy (non-hydrogen) atoms. The number of hydrogen-bond donors (Lipinski definition) is 0. The number of rotatable bonds is 4. The van der Waals surface area contributed by atoms with E-state index in [-0.39, 0.29) is 5.41 Å². The molecule has 0 bridgehead atoms. The van der Waals surface area contributed by atoms with Crippen molar-refractivity contribution in [3.8, 4) is 0 Å². The van der Waals surface area contributed by atoms with Gasteiger partial charge in [0.1, 0.15) is 5.82 Å². The van der Waals surface area contributed by atoms with Crippen molar-refractivity contribution in [2.45, 2.75) is 32.2 Å². The Hall–Kier alpha value is -1.67. The van der Waals surface area contributed by atoms with Crippen molar-refractivity contribution < 1.29 is 0 Å². The average molecular weight is 816 g/mol. The zero-order valence-electron chi connectivity index (χ0n) is 21.0. The first kappa shape index (κ1) is 30.9. The highest BCUT2D eigenvalue weighted by Crippen LogP contribution is 2.32. The maximum atomic E-state index is 4.49. The molecule has 11 heteroatoms. The van der Waals surface area contributed by atoms with E-state index in [4.69, 9.17) is 0 Å². The van der Waals surface area contributed by atoms with Crippen LogP contribution in [0.25, 0.3) is 5.57 Å². The summed E-state index contributed by atoms with van der Waals surface area (Å²) in [7, 11) is 0. The monoisotopic (exact) mass is 813 g/mol.